The Labute approximate surface area is 130 Å². The van der Waals surface area contributed by atoms with Crippen molar-refractivity contribution in [2.45, 2.75) is 17.8 Å². The van der Waals surface area contributed by atoms with Crippen LogP contribution in [0, 0.1) is 0 Å². The van der Waals surface area contributed by atoms with E-state index in [1.807, 2.05) is 12.1 Å². The number of hydrogen-bond acceptors (Lipinski definition) is 5. The highest BCUT2D eigenvalue weighted by Gasteiger charge is 2.29. The quantitative estimate of drug-likeness (QED) is 0.859. The average molecular weight is 362 g/mol. The molecule has 1 saturated heterocycles. The number of nitrogens with one attached hydrogen (secondary N) is 1. The third kappa shape index (κ3) is 3.21. The summed E-state index contributed by atoms with van der Waals surface area (Å²) in [5.41, 5.74) is 0.957. The number of carboxylic acid groups (broad SMARTS) is 1. The molecule has 1 heterocycles. The van der Waals surface area contributed by atoms with E-state index in [1.165, 1.54) is 0 Å². The molecule has 1 aliphatic heterocycles. The Balaban J connectivity index is 2.29. The minimum Gasteiger partial charge on any atom is -0.493 e. The fourth-order valence-corrected chi connectivity index (χ4v) is 4.01. The first kappa shape index (κ1) is 15.5. The Morgan fingerprint density at radius 1 is 1.40 bits per heavy atom. The molecule has 0 aromatic heterocycles. The summed E-state index contributed by atoms with van der Waals surface area (Å²) < 4.78 is 11.4. The predicted octanol–water partition coefficient (Wildman–Crippen LogP) is 2.64. The van der Waals surface area contributed by atoms with Gasteiger partial charge in [-0.3, -0.25) is 10.1 Å². The Kier molecular flexibility index (Phi) is 5.17. The molecule has 1 aromatic carbocycles. The standard InChI is InChI=1S/C13H16BrNO4S/c1-18-10-5-7(8(14)6-11(10)19-2)12-15-9(13(16)17)3-4-20-12/h5-6,9,12,15H,3-4H2,1-2H3,(H,16,17). The number of hydrogen-bond donors (Lipinski definition) is 2. The van der Waals surface area contributed by atoms with Crippen molar-refractivity contribution in [2.24, 2.45) is 0 Å². The fraction of sp³-hybridized carbons (Fsp3) is 0.462. The summed E-state index contributed by atoms with van der Waals surface area (Å²) >= 11 is 5.19. The predicted molar refractivity (Wildman–Crippen MR) is 81.6 cm³/mol. The molecule has 5 nitrogen and oxygen atoms in total. The lowest BCUT2D eigenvalue weighted by atomic mass is 10.1. The Hall–Kier alpha value is -0.920. The van der Waals surface area contributed by atoms with Crippen molar-refractivity contribution in [1.29, 1.82) is 0 Å². The van der Waals surface area contributed by atoms with Gasteiger partial charge in [0.15, 0.2) is 11.5 Å². The Morgan fingerprint density at radius 2 is 2.05 bits per heavy atom. The minimum absolute atomic E-state index is 0.0842. The van der Waals surface area contributed by atoms with E-state index in [2.05, 4.69) is 21.2 Å². The van der Waals surface area contributed by atoms with Crippen LogP contribution in [0.1, 0.15) is 17.4 Å². The van der Waals surface area contributed by atoms with Gasteiger partial charge in [0.05, 0.1) is 19.6 Å². The highest BCUT2D eigenvalue weighted by Crippen LogP contribution is 2.41. The molecule has 110 valence electrons. The number of ether oxygens (including phenoxy) is 2. The largest absolute Gasteiger partial charge is 0.493 e. The van der Waals surface area contributed by atoms with Crippen molar-refractivity contribution >= 4 is 33.7 Å². The van der Waals surface area contributed by atoms with E-state index in [4.69, 9.17) is 14.6 Å². The van der Waals surface area contributed by atoms with Gasteiger partial charge in [0.1, 0.15) is 6.04 Å². The zero-order valence-corrected chi connectivity index (χ0v) is 13.6. The summed E-state index contributed by atoms with van der Waals surface area (Å²) in [4.78, 5) is 11.1. The van der Waals surface area contributed by atoms with Crippen molar-refractivity contribution in [3.8, 4) is 11.5 Å². The maximum Gasteiger partial charge on any atom is 0.320 e. The van der Waals surface area contributed by atoms with Gasteiger partial charge in [-0.25, -0.2) is 0 Å². The van der Waals surface area contributed by atoms with Gasteiger partial charge in [0, 0.05) is 4.47 Å². The topological polar surface area (TPSA) is 67.8 Å². The van der Waals surface area contributed by atoms with Gasteiger partial charge in [-0.15, -0.1) is 11.8 Å². The van der Waals surface area contributed by atoms with Gasteiger partial charge in [-0.05, 0) is 29.9 Å². The van der Waals surface area contributed by atoms with Crippen molar-refractivity contribution < 1.29 is 19.4 Å². The number of halogens is 1. The third-order valence-electron chi connectivity index (χ3n) is 3.13. The van der Waals surface area contributed by atoms with Crippen LogP contribution in [-0.2, 0) is 4.79 Å². The van der Waals surface area contributed by atoms with E-state index in [9.17, 15) is 4.79 Å². The molecule has 2 atom stereocenters. The third-order valence-corrected chi connectivity index (χ3v) is 5.01. The second-order valence-corrected chi connectivity index (χ2v) is 6.39. The zero-order valence-electron chi connectivity index (χ0n) is 11.2. The van der Waals surface area contributed by atoms with Crippen LogP contribution in [0.4, 0.5) is 0 Å². The first-order valence-electron chi connectivity index (χ1n) is 6.08. The summed E-state index contributed by atoms with van der Waals surface area (Å²) in [7, 11) is 3.16. The molecule has 2 N–H and O–H groups in total. The van der Waals surface area contributed by atoms with Crippen LogP contribution in [0.15, 0.2) is 16.6 Å². The maximum absolute atomic E-state index is 11.1. The van der Waals surface area contributed by atoms with E-state index in [0.717, 1.165) is 15.8 Å². The summed E-state index contributed by atoms with van der Waals surface area (Å²) in [6.07, 6.45) is 0.626. The lowest BCUT2D eigenvalue weighted by Gasteiger charge is -2.29. The minimum atomic E-state index is -0.813. The first-order chi connectivity index (χ1) is 9.56. The van der Waals surface area contributed by atoms with Crippen LogP contribution >= 0.6 is 27.7 Å². The van der Waals surface area contributed by atoms with Gasteiger partial charge in [-0.2, -0.15) is 0 Å². The Morgan fingerprint density at radius 3 is 2.65 bits per heavy atom. The number of carboxylic acids is 1. The van der Waals surface area contributed by atoms with Crippen molar-refractivity contribution in [1.82, 2.24) is 5.32 Å². The van der Waals surface area contributed by atoms with Crippen molar-refractivity contribution in [2.75, 3.05) is 20.0 Å². The smallest absolute Gasteiger partial charge is 0.320 e. The van der Waals surface area contributed by atoms with Crippen LogP contribution in [0.5, 0.6) is 11.5 Å². The van der Waals surface area contributed by atoms with Gasteiger partial charge in [-0.1, -0.05) is 15.9 Å². The maximum atomic E-state index is 11.1. The number of methoxy groups -OCH3 is 2. The van der Waals surface area contributed by atoms with E-state index in [-0.39, 0.29) is 5.37 Å². The lowest BCUT2D eigenvalue weighted by molar-refractivity contribution is -0.139. The molecule has 20 heavy (non-hydrogen) atoms. The highest BCUT2D eigenvalue weighted by atomic mass is 79.9. The molecule has 2 unspecified atom stereocenters. The molecule has 0 aliphatic carbocycles. The van der Waals surface area contributed by atoms with Crippen LogP contribution in [0.25, 0.3) is 0 Å². The summed E-state index contributed by atoms with van der Waals surface area (Å²) in [6.45, 7) is 0. The summed E-state index contributed by atoms with van der Waals surface area (Å²) in [5.74, 6) is 1.26. The second kappa shape index (κ2) is 6.69. The van der Waals surface area contributed by atoms with Gasteiger partial charge in [0.25, 0.3) is 0 Å². The molecule has 0 radical (unpaired) electrons. The second-order valence-electron chi connectivity index (χ2n) is 4.33. The highest BCUT2D eigenvalue weighted by molar-refractivity contribution is 9.10. The molecular weight excluding hydrogens is 346 g/mol. The van der Waals surface area contributed by atoms with Crippen LogP contribution in [-0.4, -0.2) is 37.1 Å². The Bertz CT molecular complexity index is 511. The molecule has 2 rings (SSSR count). The number of carbonyl (C=O) groups is 1. The molecule has 0 bridgehead atoms. The summed E-state index contributed by atoms with van der Waals surface area (Å²) in [6, 6.07) is 3.19. The van der Waals surface area contributed by atoms with Crippen molar-refractivity contribution in [3.05, 3.63) is 22.2 Å². The lowest BCUT2D eigenvalue weighted by Crippen LogP contribution is -2.41. The van der Waals surface area contributed by atoms with Crippen LogP contribution in [0.2, 0.25) is 0 Å². The van der Waals surface area contributed by atoms with Crippen LogP contribution in [0.3, 0.4) is 0 Å². The van der Waals surface area contributed by atoms with E-state index >= 15 is 0 Å². The number of aliphatic carboxylic acids is 1. The molecular formula is C13H16BrNO4S. The first-order valence-corrected chi connectivity index (χ1v) is 7.93. The summed E-state index contributed by atoms with van der Waals surface area (Å²) in [5, 5.41) is 12.2. The number of thioether (sulfide) groups is 1. The van der Waals surface area contributed by atoms with E-state index < -0.39 is 12.0 Å². The number of rotatable bonds is 4. The average Bonchev–Trinajstić information content (AvgIpc) is 2.46. The van der Waals surface area contributed by atoms with Gasteiger partial charge < -0.3 is 14.6 Å². The number of benzene rings is 1. The molecule has 1 aromatic rings. The molecule has 1 aliphatic rings. The monoisotopic (exact) mass is 361 g/mol. The normalized spacial score (nSPS) is 22.4. The fourth-order valence-electron chi connectivity index (χ4n) is 2.06. The van der Waals surface area contributed by atoms with E-state index in [0.29, 0.717) is 17.9 Å². The molecule has 1 fully saturated rings. The van der Waals surface area contributed by atoms with Gasteiger partial charge in [0.2, 0.25) is 0 Å². The SMILES string of the molecule is COc1cc(Br)c(C2NC(C(=O)O)CCS2)cc1OC. The van der Waals surface area contributed by atoms with Crippen LogP contribution < -0.4 is 14.8 Å². The van der Waals surface area contributed by atoms with Gasteiger partial charge >= 0.3 is 5.97 Å². The molecule has 0 spiro atoms. The molecule has 0 saturated carbocycles. The van der Waals surface area contributed by atoms with Crippen molar-refractivity contribution in [3.63, 3.8) is 0 Å². The van der Waals surface area contributed by atoms with E-state index in [1.54, 1.807) is 26.0 Å². The molecule has 0 amide bonds. The molecule has 7 heteroatoms. The zero-order chi connectivity index (χ0) is 14.7.